The molecule has 4 aromatic carbocycles. The van der Waals surface area contributed by atoms with Crippen LogP contribution in [0.25, 0.3) is 10.8 Å². The standard InChI is InChI=1S/C34H33BrN2O11/c1-21-6-10-27(36(16-31(38)39)17-32(40)41)30(14-21)47-13-12-46-29-11-8-23(15-28(29)37(18-33(42)43)19-34(44)45)48-20-25-24-5-3-2-4-22(24)7-9-26(25)35/h2-11,14-15H,12-13,16-20H2,1H3,(H,38,39)(H,40,41)(H,42,43)(H,44,45)/p-4. The van der Waals surface area contributed by atoms with Crippen LogP contribution in [0.4, 0.5) is 11.4 Å². The number of fused-ring (bicyclic) bond motifs is 1. The zero-order valence-electron chi connectivity index (χ0n) is 25.6. The van der Waals surface area contributed by atoms with E-state index < -0.39 is 50.1 Å². The summed E-state index contributed by atoms with van der Waals surface area (Å²) in [5.74, 6) is -5.54. The fourth-order valence-corrected chi connectivity index (χ4v) is 5.41. The summed E-state index contributed by atoms with van der Waals surface area (Å²) in [6, 6.07) is 20.8. The SMILES string of the molecule is Cc1ccc(N(CC(=O)[O-])CC(=O)[O-])c(OCCOc2ccc(OCc3c(Br)ccc4ccccc34)cc2N(CC(=O)[O-])CC(=O)[O-])c1. The van der Waals surface area contributed by atoms with Crippen LogP contribution in [-0.4, -0.2) is 63.3 Å². The fourth-order valence-electron chi connectivity index (χ4n) is 4.94. The third kappa shape index (κ3) is 9.75. The molecule has 4 aromatic rings. The average molecular weight is 722 g/mol. The smallest absolute Gasteiger partial charge is 0.143 e. The molecule has 0 aliphatic carbocycles. The summed E-state index contributed by atoms with van der Waals surface area (Å²) in [4.78, 5) is 47.6. The summed E-state index contributed by atoms with van der Waals surface area (Å²) in [7, 11) is 0. The van der Waals surface area contributed by atoms with E-state index in [0.29, 0.717) is 5.75 Å². The number of rotatable bonds is 18. The number of aliphatic carboxylic acids is 4. The predicted octanol–water partition coefficient (Wildman–Crippen LogP) is -0.440. The van der Waals surface area contributed by atoms with Crippen LogP contribution in [-0.2, 0) is 25.8 Å². The maximum absolute atomic E-state index is 11.6. The summed E-state index contributed by atoms with van der Waals surface area (Å²) < 4.78 is 18.6. The highest BCUT2D eigenvalue weighted by Gasteiger charge is 2.17. The second-order valence-corrected chi connectivity index (χ2v) is 11.4. The second-order valence-electron chi connectivity index (χ2n) is 10.5. The summed E-state index contributed by atoms with van der Waals surface area (Å²) in [5.41, 5.74) is 1.85. The first kappa shape index (κ1) is 35.4. The topological polar surface area (TPSA) is 195 Å². The monoisotopic (exact) mass is 720 g/mol. The Morgan fingerprint density at radius 1 is 0.646 bits per heavy atom. The van der Waals surface area contributed by atoms with Gasteiger partial charge in [0.1, 0.15) is 37.1 Å². The van der Waals surface area contributed by atoms with E-state index in [-0.39, 0.29) is 42.7 Å². The highest BCUT2D eigenvalue weighted by molar-refractivity contribution is 9.10. The molecule has 0 radical (unpaired) electrons. The lowest BCUT2D eigenvalue weighted by Crippen LogP contribution is -2.44. The van der Waals surface area contributed by atoms with Gasteiger partial charge in [-0.3, -0.25) is 0 Å². The Labute approximate surface area is 283 Å². The Balaban J connectivity index is 1.56. The van der Waals surface area contributed by atoms with E-state index in [2.05, 4.69) is 15.9 Å². The predicted molar refractivity (Wildman–Crippen MR) is 169 cm³/mol. The van der Waals surface area contributed by atoms with Crippen molar-refractivity contribution >= 4 is 62.0 Å². The van der Waals surface area contributed by atoms with Crippen molar-refractivity contribution in [3.63, 3.8) is 0 Å². The van der Waals surface area contributed by atoms with E-state index >= 15 is 0 Å². The van der Waals surface area contributed by atoms with Crippen molar-refractivity contribution in [1.29, 1.82) is 0 Å². The molecule has 0 unspecified atom stereocenters. The van der Waals surface area contributed by atoms with Crippen LogP contribution in [0.5, 0.6) is 17.2 Å². The largest absolute Gasteiger partial charge is 0.548 e. The molecule has 0 aliphatic rings. The van der Waals surface area contributed by atoms with Crippen LogP contribution < -0.4 is 44.4 Å². The van der Waals surface area contributed by atoms with Gasteiger partial charge < -0.3 is 63.6 Å². The first-order valence-corrected chi connectivity index (χ1v) is 15.3. The molecular weight excluding hydrogens is 692 g/mol. The minimum atomic E-state index is -1.54. The molecule has 0 N–H and O–H groups in total. The highest BCUT2D eigenvalue weighted by Crippen LogP contribution is 2.35. The molecule has 0 saturated carbocycles. The minimum Gasteiger partial charge on any atom is -0.548 e. The Bertz CT molecular complexity index is 1780. The molecular formula is C34H29BrN2O11-4. The summed E-state index contributed by atoms with van der Waals surface area (Å²) in [5, 5.41) is 47.6. The number of halogens is 1. The van der Waals surface area contributed by atoms with Crippen LogP contribution >= 0.6 is 15.9 Å². The number of anilines is 2. The average Bonchev–Trinajstić information content (AvgIpc) is 3.01. The lowest BCUT2D eigenvalue weighted by Gasteiger charge is -2.28. The molecule has 0 heterocycles. The number of carboxylic acid groups (broad SMARTS) is 4. The number of hydrogen-bond acceptors (Lipinski definition) is 13. The zero-order chi connectivity index (χ0) is 34.8. The quantitative estimate of drug-likeness (QED) is 0.120. The molecule has 0 fully saturated rings. The van der Waals surface area contributed by atoms with E-state index in [1.807, 2.05) is 36.4 Å². The molecule has 48 heavy (non-hydrogen) atoms. The van der Waals surface area contributed by atoms with Crippen LogP contribution in [0.3, 0.4) is 0 Å². The lowest BCUT2D eigenvalue weighted by atomic mass is 10.1. The Morgan fingerprint density at radius 2 is 1.23 bits per heavy atom. The number of ether oxygens (including phenoxy) is 3. The van der Waals surface area contributed by atoms with Crippen LogP contribution in [0, 0.1) is 6.92 Å². The zero-order valence-corrected chi connectivity index (χ0v) is 27.2. The van der Waals surface area contributed by atoms with Gasteiger partial charge in [-0.05, 0) is 53.6 Å². The van der Waals surface area contributed by atoms with Crippen molar-refractivity contribution < 1.29 is 53.8 Å². The number of aryl methyl sites for hydroxylation is 1. The number of carbonyl (C=O) groups is 4. The van der Waals surface area contributed by atoms with Crippen LogP contribution in [0.1, 0.15) is 11.1 Å². The summed E-state index contributed by atoms with van der Waals surface area (Å²) in [6.07, 6.45) is 0. The van der Waals surface area contributed by atoms with E-state index in [9.17, 15) is 39.6 Å². The second kappa shape index (κ2) is 16.4. The van der Waals surface area contributed by atoms with Gasteiger partial charge in [-0.15, -0.1) is 0 Å². The maximum Gasteiger partial charge on any atom is 0.143 e. The van der Waals surface area contributed by atoms with Gasteiger partial charge in [0.05, 0.1) is 61.4 Å². The molecule has 0 amide bonds. The fraction of sp³-hybridized carbons (Fsp3) is 0.235. The van der Waals surface area contributed by atoms with Crippen molar-refractivity contribution in [2.24, 2.45) is 0 Å². The number of benzene rings is 4. The van der Waals surface area contributed by atoms with E-state index in [1.54, 1.807) is 25.1 Å². The van der Waals surface area contributed by atoms with E-state index in [4.69, 9.17) is 14.2 Å². The Kier molecular flexibility index (Phi) is 12.1. The molecule has 0 aliphatic heterocycles. The lowest BCUT2D eigenvalue weighted by molar-refractivity contribution is -0.307. The molecule has 0 saturated heterocycles. The summed E-state index contributed by atoms with van der Waals surface area (Å²) in [6.45, 7) is -1.44. The molecule has 252 valence electrons. The first-order chi connectivity index (χ1) is 22.9. The Hall–Kier alpha value is -5.50. The molecule has 14 heteroatoms. The molecule has 0 aromatic heterocycles. The van der Waals surface area contributed by atoms with Gasteiger partial charge in [0, 0.05) is 16.1 Å². The Morgan fingerprint density at radius 3 is 1.85 bits per heavy atom. The number of carbonyl (C=O) groups excluding carboxylic acids is 4. The third-order valence-corrected chi connectivity index (χ3v) is 7.71. The van der Waals surface area contributed by atoms with Gasteiger partial charge in [0.25, 0.3) is 0 Å². The van der Waals surface area contributed by atoms with Gasteiger partial charge in [-0.2, -0.15) is 0 Å². The third-order valence-electron chi connectivity index (χ3n) is 6.97. The maximum atomic E-state index is 11.6. The van der Waals surface area contributed by atoms with Crippen LogP contribution in [0.15, 0.2) is 77.3 Å². The number of hydrogen-bond donors (Lipinski definition) is 0. The summed E-state index contributed by atoms with van der Waals surface area (Å²) >= 11 is 3.56. The normalized spacial score (nSPS) is 10.7. The van der Waals surface area contributed by atoms with Crippen molar-refractivity contribution in [2.45, 2.75) is 13.5 Å². The van der Waals surface area contributed by atoms with Crippen molar-refractivity contribution in [2.75, 3.05) is 49.2 Å². The van der Waals surface area contributed by atoms with E-state index in [1.165, 1.54) is 18.2 Å². The van der Waals surface area contributed by atoms with Gasteiger partial charge in [0.2, 0.25) is 0 Å². The molecule has 0 spiro atoms. The van der Waals surface area contributed by atoms with Crippen molar-refractivity contribution in [3.8, 4) is 17.2 Å². The number of carboxylic acids is 4. The molecule has 0 bridgehead atoms. The number of nitrogens with zero attached hydrogens (tertiary/aromatic N) is 2. The molecule has 13 nitrogen and oxygen atoms in total. The molecule has 0 atom stereocenters. The van der Waals surface area contributed by atoms with Gasteiger partial charge >= 0.3 is 0 Å². The van der Waals surface area contributed by atoms with E-state index in [0.717, 1.165) is 36.2 Å². The van der Waals surface area contributed by atoms with Gasteiger partial charge in [-0.25, -0.2) is 0 Å². The van der Waals surface area contributed by atoms with Crippen molar-refractivity contribution in [3.05, 3.63) is 88.4 Å². The molecule has 4 rings (SSSR count). The van der Waals surface area contributed by atoms with Crippen molar-refractivity contribution in [1.82, 2.24) is 0 Å². The minimum absolute atomic E-state index is 0.0724. The highest BCUT2D eigenvalue weighted by atomic mass is 79.9. The first-order valence-electron chi connectivity index (χ1n) is 14.5. The van der Waals surface area contributed by atoms with Crippen LogP contribution in [0.2, 0.25) is 0 Å². The van der Waals surface area contributed by atoms with Gasteiger partial charge in [-0.1, -0.05) is 52.3 Å². The van der Waals surface area contributed by atoms with Gasteiger partial charge in [0.15, 0.2) is 0 Å².